The van der Waals surface area contributed by atoms with E-state index in [1.807, 2.05) is 31.1 Å². The van der Waals surface area contributed by atoms with Crippen LogP contribution in [0.5, 0.6) is 0 Å². The molecule has 1 amide bonds. The van der Waals surface area contributed by atoms with Gasteiger partial charge >= 0.3 is 0 Å². The molecule has 0 spiro atoms. The Morgan fingerprint density at radius 1 is 1.19 bits per heavy atom. The highest BCUT2D eigenvalue weighted by Crippen LogP contribution is 2.13. The van der Waals surface area contributed by atoms with Crippen LogP contribution in [0.25, 0.3) is 0 Å². The Hall–Kier alpha value is -1.55. The quantitative estimate of drug-likeness (QED) is 0.820. The molecule has 0 radical (unpaired) electrons. The molecular formula is C12H18N2O2. The SMILES string of the molecule is CN(CCO)C(=O)c1ccc(N(C)C)cc1. The van der Waals surface area contributed by atoms with Crippen molar-refractivity contribution in [3.8, 4) is 0 Å². The summed E-state index contributed by atoms with van der Waals surface area (Å²) >= 11 is 0. The number of hydrogen-bond acceptors (Lipinski definition) is 3. The van der Waals surface area contributed by atoms with Crippen molar-refractivity contribution in [3.63, 3.8) is 0 Å². The molecular weight excluding hydrogens is 204 g/mol. The lowest BCUT2D eigenvalue weighted by molar-refractivity contribution is 0.0767. The summed E-state index contributed by atoms with van der Waals surface area (Å²) < 4.78 is 0. The third kappa shape index (κ3) is 2.97. The molecule has 0 aromatic heterocycles. The molecule has 1 aromatic carbocycles. The van der Waals surface area contributed by atoms with Gasteiger partial charge in [0, 0.05) is 38.9 Å². The Bertz CT molecular complexity index is 347. The molecule has 1 rings (SSSR count). The monoisotopic (exact) mass is 222 g/mol. The van der Waals surface area contributed by atoms with Gasteiger partial charge in [0.05, 0.1) is 6.61 Å². The summed E-state index contributed by atoms with van der Waals surface area (Å²) in [5.41, 5.74) is 1.70. The number of benzene rings is 1. The van der Waals surface area contributed by atoms with E-state index in [1.165, 1.54) is 4.90 Å². The number of nitrogens with zero attached hydrogens (tertiary/aromatic N) is 2. The second kappa shape index (κ2) is 5.51. The first kappa shape index (κ1) is 12.5. The Labute approximate surface area is 96.1 Å². The van der Waals surface area contributed by atoms with E-state index in [4.69, 9.17) is 5.11 Å². The van der Waals surface area contributed by atoms with Gasteiger partial charge in [0.2, 0.25) is 0 Å². The number of carbonyl (C=O) groups excluding carboxylic acids is 1. The van der Waals surface area contributed by atoms with Crippen LogP contribution < -0.4 is 4.90 Å². The second-order valence-corrected chi connectivity index (χ2v) is 3.89. The summed E-state index contributed by atoms with van der Waals surface area (Å²) in [5.74, 6) is -0.0700. The molecule has 0 bridgehead atoms. The summed E-state index contributed by atoms with van der Waals surface area (Å²) in [6.07, 6.45) is 0. The predicted octanol–water partition coefficient (Wildman–Crippen LogP) is 0.817. The number of aliphatic hydroxyl groups is 1. The van der Waals surface area contributed by atoms with E-state index in [0.717, 1.165) is 5.69 Å². The molecule has 0 atom stereocenters. The van der Waals surface area contributed by atoms with E-state index >= 15 is 0 Å². The Kier molecular flexibility index (Phi) is 4.31. The van der Waals surface area contributed by atoms with Crippen LogP contribution in [0.15, 0.2) is 24.3 Å². The lowest BCUT2D eigenvalue weighted by atomic mass is 10.2. The number of amides is 1. The molecule has 4 heteroatoms. The van der Waals surface area contributed by atoms with E-state index < -0.39 is 0 Å². The first-order chi connectivity index (χ1) is 7.56. The van der Waals surface area contributed by atoms with Gasteiger partial charge in [-0.1, -0.05) is 0 Å². The normalized spacial score (nSPS) is 10.0. The van der Waals surface area contributed by atoms with Crippen LogP contribution >= 0.6 is 0 Å². The summed E-state index contributed by atoms with van der Waals surface area (Å²) in [6.45, 7) is 0.340. The van der Waals surface area contributed by atoms with Crippen LogP contribution in [0.3, 0.4) is 0 Å². The molecule has 0 fully saturated rings. The fourth-order valence-corrected chi connectivity index (χ4v) is 1.37. The average Bonchev–Trinajstić information content (AvgIpc) is 2.28. The highest BCUT2D eigenvalue weighted by Gasteiger charge is 2.10. The maximum atomic E-state index is 11.8. The largest absolute Gasteiger partial charge is 0.395 e. The maximum absolute atomic E-state index is 11.8. The molecule has 1 N–H and O–H groups in total. The second-order valence-electron chi connectivity index (χ2n) is 3.89. The van der Waals surface area contributed by atoms with Gasteiger partial charge in [-0.2, -0.15) is 0 Å². The molecule has 88 valence electrons. The fraction of sp³-hybridized carbons (Fsp3) is 0.417. The Morgan fingerprint density at radius 2 is 1.75 bits per heavy atom. The zero-order valence-corrected chi connectivity index (χ0v) is 9.97. The van der Waals surface area contributed by atoms with Crippen molar-refractivity contribution in [2.75, 3.05) is 39.2 Å². The van der Waals surface area contributed by atoms with E-state index in [2.05, 4.69) is 0 Å². The van der Waals surface area contributed by atoms with E-state index in [9.17, 15) is 4.79 Å². The first-order valence-corrected chi connectivity index (χ1v) is 5.20. The lowest BCUT2D eigenvalue weighted by Gasteiger charge is -2.17. The van der Waals surface area contributed by atoms with Gasteiger partial charge < -0.3 is 14.9 Å². The zero-order chi connectivity index (χ0) is 12.1. The molecule has 0 saturated carbocycles. The zero-order valence-electron chi connectivity index (χ0n) is 9.97. The number of carbonyl (C=O) groups is 1. The number of hydrogen-bond donors (Lipinski definition) is 1. The van der Waals surface area contributed by atoms with Gasteiger partial charge in [0.15, 0.2) is 0 Å². The van der Waals surface area contributed by atoms with Crippen molar-refractivity contribution < 1.29 is 9.90 Å². The minimum atomic E-state index is -0.0700. The topological polar surface area (TPSA) is 43.8 Å². The standard InChI is InChI=1S/C12H18N2O2/c1-13(2)11-6-4-10(5-7-11)12(16)14(3)8-9-15/h4-7,15H,8-9H2,1-3H3. The smallest absolute Gasteiger partial charge is 0.253 e. The first-order valence-electron chi connectivity index (χ1n) is 5.20. The van der Waals surface area contributed by atoms with Crippen LogP contribution in [0, 0.1) is 0 Å². The third-order valence-corrected chi connectivity index (χ3v) is 2.41. The van der Waals surface area contributed by atoms with Crippen LogP contribution in [-0.4, -0.2) is 50.2 Å². The van der Waals surface area contributed by atoms with Crippen LogP contribution in [0.2, 0.25) is 0 Å². The molecule has 0 aliphatic heterocycles. The van der Waals surface area contributed by atoms with Crippen LogP contribution in [0.4, 0.5) is 5.69 Å². The third-order valence-electron chi connectivity index (χ3n) is 2.41. The van der Waals surface area contributed by atoms with Crippen molar-refractivity contribution in [1.82, 2.24) is 4.90 Å². The number of anilines is 1. The summed E-state index contributed by atoms with van der Waals surface area (Å²) in [7, 11) is 5.59. The van der Waals surface area contributed by atoms with Gasteiger partial charge in [-0.05, 0) is 24.3 Å². The van der Waals surface area contributed by atoms with Crippen LogP contribution in [-0.2, 0) is 0 Å². The number of likely N-dealkylation sites (N-methyl/N-ethyl adjacent to an activating group) is 1. The van der Waals surface area contributed by atoms with Crippen molar-refractivity contribution in [3.05, 3.63) is 29.8 Å². The van der Waals surface area contributed by atoms with E-state index in [1.54, 1.807) is 19.2 Å². The minimum Gasteiger partial charge on any atom is -0.395 e. The minimum absolute atomic E-state index is 0.0159. The Balaban J connectivity index is 2.77. The van der Waals surface area contributed by atoms with Gasteiger partial charge in [-0.15, -0.1) is 0 Å². The average molecular weight is 222 g/mol. The summed E-state index contributed by atoms with van der Waals surface area (Å²) in [4.78, 5) is 15.3. The summed E-state index contributed by atoms with van der Waals surface area (Å²) in [5, 5.41) is 8.75. The Morgan fingerprint density at radius 3 is 2.19 bits per heavy atom. The summed E-state index contributed by atoms with van der Waals surface area (Å²) in [6, 6.07) is 7.40. The number of rotatable bonds is 4. The van der Waals surface area contributed by atoms with Crippen molar-refractivity contribution in [2.45, 2.75) is 0 Å². The molecule has 0 aliphatic carbocycles. The maximum Gasteiger partial charge on any atom is 0.253 e. The van der Waals surface area contributed by atoms with Gasteiger partial charge in [-0.25, -0.2) is 0 Å². The molecule has 0 aliphatic rings. The molecule has 1 aromatic rings. The molecule has 0 heterocycles. The molecule has 4 nitrogen and oxygen atoms in total. The molecule has 0 saturated heterocycles. The van der Waals surface area contributed by atoms with Crippen molar-refractivity contribution in [2.24, 2.45) is 0 Å². The van der Waals surface area contributed by atoms with Crippen molar-refractivity contribution in [1.29, 1.82) is 0 Å². The number of aliphatic hydroxyl groups excluding tert-OH is 1. The molecule has 0 unspecified atom stereocenters. The fourth-order valence-electron chi connectivity index (χ4n) is 1.37. The van der Waals surface area contributed by atoms with E-state index in [0.29, 0.717) is 12.1 Å². The van der Waals surface area contributed by atoms with Crippen molar-refractivity contribution >= 4 is 11.6 Å². The molecule has 16 heavy (non-hydrogen) atoms. The van der Waals surface area contributed by atoms with Gasteiger partial charge in [0.1, 0.15) is 0 Å². The van der Waals surface area contributed by atoms with Gasteiger partial charge in [0.25, 0.3) is 5.91 Å². The highest BCUT2D eigenvalue weighted by molar-refractivity contribution is 5.94. The lowest BCUT2D eigenvalue weighted by Crippen LogP contribution is -2.29. The van der Waals surface area contributed by atoms with Crippen LogP contribution in [0.1, 0.15) is 10.4 Å². The van der Waals surface area contributed by atoms with Gasteiger partial charge in [-0.3, -0.25) is 4.79 Å². The van der Waals surface area contributed by atoms with E-state index in [-0.39, 0.29) is 12.5 Å². The highest BCUT2D eigenvalue weighted by atomic mass is 16.3. The predicted molar refractivity (Wildman–Crippen MR) is 64.8 cm³/mol.